The van der Waals surface area contributed by atoms with E-state index in [1.165, 1.54) is 10.6 Å². The molecule has 0 spiro atoms. The number of aromatic carboxylic acids is 1. The molecule has 0 bridgehead atoms. The van der Waals surface area contributed by atoms with Crippen LogP contribution in [0.4, 0.5) is 0 Å². The predicted octanol–water partition coefficient (Wildman–Crippen LogP) is 1.91. The molecule has 5 nitrogen and oxygen atoms in total. The van der Waals surface area contributed by atoms with Crippen molar-refractivity contribution in [3.63, 3.8) is 0 Å². The Morgan fingerprint density at radius 1 is 1.37 bits per heavy atom. The van der Waals surface area contributed by atoms with E-state index in [2.05, 4.69) is 0 Å². The molecule has 1 amide bonds. The summed E-state index contributed by atoms with van der Waals surface area (Å²) in [5.41, 5.74) is 0.123. The van der Waals surface area contributed by atoms with Crippen molar-refractivity contribution in [2.75, 3.05) is 7.05 Å². The number of aromatic nitrogens is 1. The molecule has 6 heteroatoms. The summed E-state index contributed by atoms with van der Waals surface area (Å²) >= 11 is 1.59. The molecule has 0 radical (unpaired) electrons. The molecule has 0 fully saturated rings. The van der Waals surface area contributed by atoms with Crippen LogP contribution >= 0.6 is 11.3 Å². The van der Waals surface area contributed by atoms with Crippen molar-refractivity contribution in [1.82, 2.24) is 9.47 Å². The summed E-state index contributed by atoms with van der Waals surface area (Å²) in [6.45, 7) is 0.580. The molecule has 0 unspecified atom stereocenters. The molecular formula is C13H14N2O3S. The van der Waals surface area contributed by atoms with Crippen molar-refractivity contribution in [2.24, 2.45) is 0 Å². The van der Waals surface area contributed by atoms with Gasteiger partial charge in [-0.15, -0.1) is 11.3 Å². The molecule has 2 rings (SSSR count). The van der Waals surface area contributed by atoms with Gasteiger partial charge in [-0.3, -0.25) is 4.79 Å². The maximum Gasteiger partial charge on any atom is 0.352 e. The predicted molar refractivity (Wildman–Crippen MR) is 72.2 cm³/mol. The van der Waals surface area contributed by atoms with E-state index in [1.807, 2.05) is 17.5 Å². The number of thiophene rings is 1. The summed E-state index contributed by atoms with van der Waals surface area (Å²) in [7, 11) is 1.71. The van der Waals surface area contributed by atoms with E-state index in [0.29, 0.717) is 6.54 Å². The molecular weight excluding hydrogens is 264 g/mol. The van der Waals surface area contributed by atoms with E-state index >= 15 is 0 Å². The minimum Gasteiger partial charge on any atom is -0.477 e. The third-order valence-electron chi connectivity index (χ3n) is 2.75. The molecule has 0 aliphatic rings. The number of likely N-dealkylation sites (N-methyl/N-ethyl adjacent to an activating group) is 1. The number of carboxylic acid groups (broad SMARTS) is 1. The minimum absolute atomic E-state index is 0.0382. The molecule has 2 aromatic rings. The highest BCUT2D eigenvalue weighted by atomic mass is 32.1. The standard InChI is InChI=1S/C13H14N2O3S/c1-14(8-10-4-3-7-19-10)12(16)9-15-6-2-5-11(15)13(17)18/h2-7H,8-9H2,1H3,(H,17,18). The van der Waals surface area contributed by atoms with Crippen LogP contribution in [-0.2, 0) is 17.9 Å². The quantitative estimate of drug-likeness (QED) is 0.908. The number of carboxylic acids is 1. The van der Waals surface area contributed by atoms with Gasteiger partial charge in [0.1, 0.15) is 12.2 Å². The van der Waals surface area contributed by atoms with Crippen LogP contribution in [0.15, 0.2) is 35.8 Å². The highest BCUT2D eigenvalue weighted by Crippen LogP contribution is 2.11. The van der Waals surface area contributed by atoms with E-state index in [1.54, 1.807) is 35.5 Å². The number of carbonyl (C=O) groups is 2. The zero-order valence-electron chi connectivity index (χ0n) is 10.4. The smallest absolute Gasteiger partial charge is 0.352 e. The zero-order chi connectivity index (χ0) is 13.8. The number of carbonyl (C=O) groups excluding carboxylic acids is 1. The number of hydrogen-bond donors (Lipinski definition) is 1. The Bertz CT molecular complexity index is 574. The lowest BCUT2D eigenvalue weighted by Crippen LogP contribution is -2.30. The third-order valence-corrected chi connectivity index (χ3v) is 3.61. The molecule has 0 atom stereocenters. The Balaban J connectivity index is 2.00. The second kappa shape index (κ2) is 5.71. The molecule has 0 aliphatic carbocycles. The van der Waals surface area contributed by atoms with Crippen LogP contribution in [0.25, 0.3) is 0 Å². The first-order chi connectivity index (χ1) is 9.08. The summed E-state index contributed by atoms with van der Waals surface area (Å²) < 4.78 is 1.44. The lowest BCUT2D eigenvalue weighted by Gasteiger charge is -2.17. The Kier molecular flexibility index (Phi) is 4.01. The van der Waals surface area contributed by atoms with Gasteiger partial charge in [-0.2, -0.15) is 0 Å². The molecule has 2 heterocycles. The van der Waals surface area contributed by atoms with Crippen LogP contribution in [-0.4, -0.2) is 33.5 Å². The summed E-state index contributed by atoms with van der Waals surface area (Å²) in [5.74, 6) is -1.15. The lowest BCUT2D eigenvalue weighted by molar-refractivity contribution is -0.131. The van der Waals surface area contributed by atoms with Crippen LogP contribution < -0.4 is 0 Å². The minimum atomic E-state index is -1.03. The Hall–Kier alpha value is -2.08. The summed E-state index contributed by atoms with van der Waals surface area (Å²) in [5, 5.41) is 10.9. The normalized spacial score (nSPS) is 10.4. The zero-order valence-corrected chi connectivity index (χ0v) is 11.3. The lowest BCUT2D eigenvalue weighted by atomic mass is 10.4. The number of nitrogens with zero attached hydrogens (tertiary/aromatic N) is 2. The van der Waals surface area contributed by atoms with Gasteiger partial charge in [-0.1, -0.05) is 6.07 Å². The fraction of sp³-hybridized carbons (Fsp3) is 0.231. The van der Waals surface area contributed by atoms with Gasteiger partial charge in [0.15, 0.2) is 0 Å². The Morgan fingerprint density at radius 2 is 2.16 bits per heavy atom. The Morgan fingerprint density at radius 3 is 2.79 bits per heavy atom. The number of amides is 1. The number of hydrogen-bond acceptors (Lipinski definition) is 3. The van der Waals surface area contributed by atoms with E-state index in [-0.39, 0.29) is 18.1 Å². The molecule has 0 aliphatic heterocycles. The SMILES string of the molecule is CN(Cc1cccs1)C(=O)Cn1cccc1C(=O)O. The van der Waals surface area contributed by atoms with Crippen molar-refractivity contribution >= 4 is 23.2 Å². The van der Waals surface area contributed by atoms with Crippen LogP contribution in [0.5, 0.6) is 0 Å². The van der Waals surface area contributed by atoms with Gasteiger partial charge in [-0.25, -0.2) is 4.79 Å². The van der Waals surface area contributed by atoms with Crippen molar-refractivity contribution in [2.45, 2.75) is 13.1 Å². The second-order valence-electron chi connectivity index (χ2n) is 4.16. The van der Waals surface area contributed by atoms with E-state index in [4.69, 9.17) is 5.11 Å². The molecule has 100 valence electrons. The van der Waals surface area contributed by atoms with E-state index in [9.17, 15) is 9.59 Å². The first-order valence-corrected chi connectivity index (χ1v) is 6.60. The monoisotopic (exact) mass is 278 g/mol. The first kappa shape index (κ1) is 13.4. The van der Waals surface area contributed by atoms with Gasteiger partial charge in [0.05, 0.1) is 6.54 Å². The van der Waals surface area contributed by atoms with Gasteiger partial charge < -0.3 is 14.6 Å². The van der Waals surface area contributed by atoms with Gasteiger partial charge in [0.25, 0.3) is 0 Å². The third kappa shape index (κ3) is 3.23. The molecule has 0 saturated heterocycles. The summed E-state index contributed by atoms with van der Waals surface area (Å²) in [6.07, 6.45) is 1.60. The van der Waals surface area contributed by atoms with Gasteiger partial charge in [-0.05, 0) is 23.6 Å². The summed E-state index contributed by atoms with van der Waals surface area (Å²) in [4.78, 5) is 25.7. The summed E-state index contributed by atoms with van der Waals surface area (Å²) in [6, 6.07) is 7.00. The average molecular weight is 278 g/mol. The van der Waals surface area contributed by atoms with Crippen molar-refractivity contribution < 1.29 is 14.7 Å². The topological polar surface area (TPSA) is 62.5 Å². The maximum absolute atomic E-state index is 12.0. The molecule has 19 heavy (non-hydrogen) atoms. The fourth-order valence-corrected chi connectivity index (χ4v) is 2.49. The first-order valence-electron chi connectivity index (χ1n) is 5.72. The van der Waals surface area contributed by atoms with Gasteiger partial charge in [0, 0.05) is 18.1 Å². The largest absolute Gasteiger partial charge is 0.477 e. The number of rotatable bonds is 5. The molecule has 0 saturated carbocycles. The maximum atomic E-state index is 12.0. The highest BCUT2D eigenvalue weighted by Gasteiger charge is 2.14. The van der Waals surface area contributed by atoms with Crippen molar-refractivity contribution in [1.29, 1.82) is 0 Å². The Labute approximate surface area is 114 Å². The van der Waals surface area contributed by atoms with E-state index < -0.39 is 5.97 Å². The highest BCUT2D eigenvalue weighted by molar-refractivity contribution is 7.09. The molecule has 2 aromatic heterocycles. The molecule has 0 aromatic carbocycles. The molecule has 1 N–H and O–H groups in total. The van der Waals surface area contributed by atoms with Crippen molar-refractivity contribution in [3.05, 3.63) is 46.4 Å². The average Bonchev–Trinajstić information content (AvgIpc) is 2.99. The van der Waals surface area contributed by atoms with Crippen LogP contribution in [0.3, 0.4) is 0 Å². The van der Waals surface area contributed by atoms with Gasteiger partial charge >= 0.3 is 5.97 Å². The van der Waals surface area contributed by atoms with Crippen molar-refractivity contribution in [3.8, 4) is 0 Å². The van der Waals surface area contributed by atoms with E-state index in [0.717, 1.165) is 4.88 Å². The van der Waals surface area contributed by atoms with Crippen LogP contribution in [0.2, 0.25) is 0 Å². The van der Waals surface area contributed by atoms with Crippen LogP contribution in [0.1, 0.15) is 15.4 Å². The van der Waals surface area contributed by atoms with Gasteiger partial charge in [0.2, 0.25) is 5.91 Å². The van der Waals surface area contributed by atoms with Crippen LogP contribution in [0, 0.1) is 0 Å². The fourth-order valence-electron chi connectivity index (χ4n) is 1.74. The second-order valence-corrected chi connectivity index (χ2v) is 5.19.